The van der Waals surface area contributed by atoms with Gasteiger partial charge in [-0.15, -0.1) is 10.2 Å². The summed E-state index contributed by atoms with van der Waals surface area (Å²) in [5, 5.41) is 11.3. The van der Waals surface area contributed by atoms with Gasteiger partial charge >= 0.3 is 0 Å². The molecule has 0 saturated heterocycles. The Kier molecular flexibility index (Phi) is 6.97. The van der Waals surface area contributed by atoms with Gasteiger partial charge in [0.2, 0.25) is 11.7 Å². The van der Waals surface area contributed by atoms with E-state index in [1.807, 2.05) is 18.4 Å². The van der Waals surface area contributed by atoms with E-state index in [0.717, 1.165) is 5.56 Å². The van der Waals surface area contributed by atoms with Gasteiger partial charge in [0.1, 0.15) is 0 Å². The second kappa shape index (κ2) is 9.84. The van der Waals surface area contributed by atoms with Gasteiger partial charge in [0.05, 0.1) is 32.6 Å². The fourth-order valence-electron chi connectivity index (χ4n) is 2.72. The first-order chi connectivity index (χ1) is 14.6. The average Bonchev–Trinajstić information content (AvgIpc) is 3.26. The number of carbonyl (C=O) groups is 1. The molecule has 0 aliphatic heterocycles. The smallest absolute Gasteiger partial charge is 0.276 e. The SMILES string of the molecule is COc1cc(/C=C/C(=O)Nc2ccccc2-c2nnc(SC)o2)cc(OC)c1OC. The van der Waals surface area contributed by atoms with Crippen LogP contribution in [-0.4, -0.2) is 43.7 Å². The van der Waals surface area contributed by atoms with E-state index in [-0.39, 0.29) is 5.91 Å². The third kappa shape index (κ3) is 4.74. The lowest BCUT2D eigenvalue weighted by molar-refractivity contribution is -0.111. The fraction of sp³-hybridized carbons (Fsp3) is 0.190. The molecule has 0 aliphatic carbocycles. The lowest BCUT2D eigenvalue weighted by Gasteiger charge is -2.12. The second-order valence-electron chi connectivity index (χ2n) is 5.90. The van der Waals surface area contributed by atoms with E-state index in [9.17, 15) is 4.79 Å². The maximum Gasteiger partial charge on any atom is 0.276 e. The van der Waals surface area contributed by atoms with Gasteiger partial charge in [0, 0.05) is 6.08 Å². The van der Waals surface area contributed by atoms with Gasteiger partial charge in [0.15, 0.2) is 11.5 Å². The van der Waals surface area contributed by atoms with Crippen molar-refractivity contribution in [3.05, 3.63) is 48.0 Å². The van der Waals surface area contributed by atoms with Crippen molar-refractivity contribution in [2.24, 2.45) is 0 Å². The molecule has 1 N–H and O–H groups in total. The predicted molar refractivity (Wildman–Crippen MR) is 115 cm³/mol. The molecule has 1 heterocycles. The molecule has 2 aromatic carbocycles. The van der Waals surface area contributed by atoms with Crippen molar-refractivity contribution in [1.82, 2.24) is 10.2 Å². The summed E-state index contributed by atoms with van der Waals surface area (Å²) in [5.41, 5.74) is 1.92. The van der Waals surface area contributed by atoms with Crippen molar-refractivity contribution in [2.75, 3.05) is 32.9 Å². The normalized spacial score (nSPS) is 10.8. The quantitative estimate of drug-likeness (QED) is 0.423. The lowest BCUT2D eigenvalue weighted by atomic mass is 10.1. The van der Waals surface area contributed by atoms with E-state index in [1.54, 1.807) is 30.3 Å². The van der Waals surface area contributed by atoms with Gasteiger partial charge in [-0.05, 0) is 42.2 Å². The van der Waals surface area contributed by atoms with E-state index in [4.69, 9.17) is 18.6 Å². The zero-order valence-corrected chi connectivity index (χ0v) is 17.8. The molecule has 156 valence electrons. The number of thioether (sulfide) groups is 1. The molecule has 0 atom stereocenters. The maximum atomic E-state index is 12.5. The summed E-state index contributed by atoms with van der Waals surface area (Å²) in [5.74, 6) is 1.51. The largest absolute Gasteiger partial charge is 0.493 e. The van der Waals surface area contributed by atoms with Gasteiger partial charge in [-0.25, -0.2) is 0 Å². The number of aromatic nitrogens is 2. The Morgan fingerprint density at radius 3 is 2.37 bits per heavy atom. The number of ether oxygens (including phenoxy) is 3. The summed E-state index contributed by atoms with van der Waals surface area (Å²) in [7, 11) is 4.61. The number of amides is 1. The third-order valence-corrected chi connectivity index (χ3v) is 4.62. The van der Waals surface area contributed by atoms with E-state index >= 15 is 0 Å². The van der Waals surface area contributed by atoms with E-state index in [1.165, 1.54) is 39.2 Å². The van der Waals surface area contributed by atoms with E-state index in [0.29, 0.717) is 39.6 Å². The summed E-state index contributed by atoms with van der Waals surface area (Å²) < 4.78 is 21.5. The number of rotatable bonds is 8. The topological polar surface area (TPSA) is 95.7 Å². The molecule has 0 radical (unpaired) electrons. The maximum absolute atomic E-state index is 12.5. The molecule has 3 aromatic rings. The molecule has 1 amide bonds. The Morgan fingerprint density at radius 1 is 1.07 bits per heavy atom. The molecule has 0 bridgehead atoms. The lowest BCUT2D eigenvalue weighted by Crippen LogP contribution is -2.08. The van der Waals surface area contributed by atoms with Crippen LogP contribution in [0.25, 0.3) is 17.5 Å². The minimum absolute atomic E-state index is 0.319. The average molecular weight is 427 g/mol. The first-order valence-corrected chi connectivity index (χ1v) is 10.1. The van der Waals surface area contributed by atoms with Crippen LogP contribution in [0.1, 0.15) is 5.56 Å². The molecular formula is C21H21N3O5S. The van der Waals surface area contributed by atoms with Gasteiger partial charge in [0.25, 0.3) is 11.1 Å². The number of anilines is 1. The highest BCUT2D eigenvalue weighted by molar-refractivity contribution is 7.98. The van der Waals surface area contributed by atoms with Crippen molar-refractivity contribution in [1.29, 1.82) is 0 Å². The van der Waals surface area contributed by atoms with Crippen molar-refractivity contribution in [3.8, 4) is 28.7 Å². The number of hydrogen-bond acceptors (Lipinski definition) is 8. The Hall–Kier alpha value is -3.46. The molecule has 0 saturated carbocycles. The minimum Gasteiger partial charge on any atom is -0.493 e. The molecular weight excluding hydrogens is 406 g/mol. The Bertz CT molecular complexity index is 1040. The van der Waals surface area contributed by atoms with Crippen molar-refractivity contribution < 1.29 is 23.4 Å². The minimum atomic E-state index is -0.319. The molecule has 8 nitrogen and oxygen atoms in total. The summed E-state index contributed by atoms with van der Waals surface area (Å²) in [4.78, 5) is 12.5. The van der Waals surface area contributed by atoms with Crippen molar-refractivity contribution in [3.63, 3.8) is 0 Å². The monoisotopic (exact) mass is 427 g/mol. The van der Waals surface area contributed by atoms with E-state index in [2.05, 4.69) is 15.5 Å². The Labute approximate surface area is 178 Å². The highest BCUT2D eigenvalue weighted by atomic mass is 32.2. The van der Waals surface area contributed by atoms with Gasteiger partial charge in [-0.1, -0.05) is 23.9 Å². The van der Waals surface area contributed by atoms with Gasteiger partial charge in [-0.2, -0.15) is 0 Å². The molecule has 0 spiro atoms. The van der Waals surface area contributed by atoms with Crippen LogP contribution < -0.4 is 19.5 Å². The van der Waals surface area contributed by atoms with E-state index < -0.39 is 0 Å². The first-order valence-electron chi connectivity index (χ1n) is 8.85. The molecule has 1 aromatic heterocycles. The van der Waals surface area contributed by atoms with Crippen molar-refractivity contribution in [2.45, 2.75) is 5.22 Å². The van der Waals surface area contributed by atoms with Gasteiger partial charge < -0.3 is 23.9 Å². The molecule has 0 unspecified atom stereocenters. The molecule has 9 heteroatoms. The van der Waals surface area contributed by atoms with Crippen LogP contribution in [0.5, 0.6) is 17.2 Å². The zero-order valence-electron chi connectivity index (χ0n) is 17.0. The first kappa shape index (κ1) is 21.3. The Balaban J connectivity index is 1.81. The van der Waals surface area contributed by atoms with Gasteiger partial charge in [-0.3, -0.25) is 4.79 Å². The summed E-state index contributed by atoms with van der Waals surface area (Å²) in [6.07, 6.45) is 4.92. The number of nitrogens with one attached hydrogen (secondary N) is 1. The van der Waals surface area contributed by atoms with Crippen LogP contribution in [-0.2, 0) is 4.79 Å². The molecule has 3 rings (SSSR count). The number of benzene rings is 2. The number of hydrogen-bond donors (Lipinski definition) is 1. The summed E-state index contributed by atoms with van der Waals surface area (Å²) in [6, 6.07) is 10.7. The highest BCUT2D eigenvalue weighted by Crippen LogP contribution is 2.38. The zero-order chi connectivity index (χ0) is 21.5. The van der Waals surface area contributed by atoms with Crippen LogP contribution in [0.3, 0.4) is 0 Å². The molecule has 30 heavy (non-hydrogen) atoms. The van der Waals surface area contributed by atoms with Crippen LogP contribution in [0.15, 0.2) is 52.1 Å². The van der Waals surface area contributed by atoms with Crippen molar-refractivity contribution >= 4 is 29.4 Å². The molecule has 0 fully saturated rings. The number of methoxy groups -OCH3 is 3. The van der Waals surface area contributed by atoms with Crippen LogP contribution >= 0.6 is 11.8 Å². The fourth-order valence-corrected chi connectivity index (χ4v) is 3.01. The van der Waals surface area contributed by atoms with Crippen LogP contribution in [0.2, 0.25) is 0 Å². The second-order valence-corrected chi connectivity index (χ2v) is 6.66. The summed E-state index contributed by atoms with van der Waals surface area (Å²) >= 11 is 1.35. The number of nitrogens with zero attached hydrogens (tertiary/aromatic N) is 2. The molecule has 0 aliphatic rings. The summed E-state index contributed by atoms with van der Waals surface area (Å²) in [6.45, 7) is 0. The third-order valence-electron chi connectivity index (χ3n) is 4.11. The highest BCUT2D eigenvalue weighted by Gasteiger charge is 2.14. The number of para-hydroxylation sites is 1. The number of carbonyl (C=O) groups excluding carboxylic acids is 1. The Morgan fingerprint density at radius 2 is 1.77 bits per heavy atom. The van der Waals surface area contributed by atoms with Crippen LogP contribution in [0.4, 0.5) is 5.69 Å². The predicted octanol–water partition coefficient (Wildman–Crippen LogP) is 4.14. The standard InChI is InChI=1S/C21H21N3O5S/c1-26-16-11-13(12-17(27-2)19(16)28-3)9-10-18(25)22-15-8-6-5-7-14(15)20-23-24-21(29-20)30-4/h5-12H,1-4H3,(H,22,25)/b10-9+. The van der Waals surface area contributed by atoms with Crippen LogP contribution in [0, 0.1) is 0 Å².